The predicted octanol–water partition coefficient (Wildman–Crippen LogP) is 4.04. The fraction of sp³-hybridized carbons (Fsp3) is 0.381. The maximum atomic E-state index is 13.3. The quantitative estimate of drug-likeness (QED) is 0.664. The monoisotopic (exact) mass is 402 g/mol. The number of hydrogen-bond donors (Lipinski definition) is 0. The first-order valence-corrected chi connectivity index (χ1v) is 9.58. The molecule has 0 N–H and O–H groups in total. The number of nitrogens with zero attached hydrogens (tertiary/aromatic N) is 4. The van der Waals surface area contributed by atoms with Crippen molar-refractivity contribution in [1.29, 1.82) is 0 Å². The van der Waals surface area contributed by atoms with Crippen molar-refractivity contribution >= 4 is 16.7 Å². The molecule has 0 spiro atoms. The van der Waals surface area contributed by atoms with Crippen molar-refractivity contribution in [2.45, 2.75) is 32.5 Å². The predicted molar refractivity (Wildman–Crippen MR) is 105 cm³/mol. The van der Waals surface area contributed by atoms with Crippen LogP contribution in [-0.4, -0.2) is 27.6 Å². The SMILES string of the molecule is Cc1nc2ccccc2c(=O)n1CC1CCN(c2ncccc2C(F)(F)F)CC1. The molecule has 3 aromatic rings. The molecule has 0 bridgehead atoms. The summed E-state index contributed by atoms with van der Waals surface area (Å²) in [6, 6.07) is 9.62. The summed E-state index contributed by atoms with van der Waals surface area (Å²) in [4.78, 5) is 23.0. The number of piperidine rings is 1. The number of anilines is 1. The van der Waals surface area contributed by atoms with Gasteiger partial charge in [0.25, 0.3) is 5.56 Å². The number of pyridine rings is 1. The molecule has 1 fully saturated rings. The molecule has 0 amide bonds. The smallest absolute Gasteiger partial charge is 0.356 e. The van der Waals surface area contributed by atoms with E-state index in [1.807, 2.05) is 25.1 Å². The second kappa shape index (κ2) is 7.50. The van der Waals surface area contributed by atoms with Crippen molar-refractivity contribution in [1.82, 2.24) is 14.5 Å². The van der Waals surface area contributed by atoms with Gasteiger partial charge in [0.05, 0.1) is 16.5 Å². The first-order valence-electron chi connectivity index (χ1n) is 9.58. The average Bonchev–Trinajstić information content (AvgIpc) is 2.71. The summed E-state index contributed by atoms with van der Waals surface area (Å²) in [6.07, 6.45) is -1.67. The van der Waals surface area contributed by atoms with Crippen LogP contribution in [0.2, 0.25) is 0 Å². The van der Waals surface area contributed by atoms with Gasteiger partial charge in [-0.15, -0.1) is 0 Å². The van der Waals surface area contributed by atoms with Crippen LogP contribution in [0.3, 0.4) is 0 Å². The number of fused-ring (bicyclic) bond motifs is 1. The van der Waals surface area contributed by atoms with Gasteiger partial charge in [-0.2, -0.15) is 13.2 Å². The van der Waals surface area contributed by atoms with Gasteiger partial charge in [-0.3, -0.25) is 9.36 Å². The van der Waals surface area contributed by atoms with Gasteiger partial charge in [0, 0.05) is 25.8 Å². The summed E-state index contributed by atoms with van der Waals surface area (Å²) in [7, 11) is 0. The second-order valence-corrected chi connectivity index (χ2v) is 7.39. The van der Waals surface area contributed by atoms with Gasteiger partial charge in [0.2, 0.25) is 0 Å². The van der Waals surface area contributed by atoms with Gasteiger partial charge in [0.15, 0.2) is 0 Å². The summed E-state index contributed by atoms with van der Waals surface area (Å²) >= 11 is 0. The third-order valence-electron chi connectivity index (χ3n) is 5.50. The van der Waals surface area contributed by atoms with Gasteiger partial charge in [-0.25, -0.2) is 9.97 Å². The van der Waals surface area contributed by atoms with Gasteiger partial charge in [-0.1, -0.05) is 12.1 Å². The molecule has 3 heterocycles. The van der Waals surface area contributed by atoms with E-state index in [-0.39, 0.29) is 17.3 Å². The molecule has 0 radical (unpaired) electrons. The van der Waals surface area contributed by atoms with Gasteiger partial charge < -0.3 is 4.90 Å². The number of rotatable bonds is 3. The lowest BCUT2D eigenvalue weighted by atomic mass is 9.96. The maximum absolute atomic E-state index is 13.3. The molecule has 0 saturated carbocycles. The maximum Gasteiger partial charge on any atom is 0.419 e. The number of aryl methyl sites for hydroxylation is 1. The molecule has 1 aliphatic rings. The standard InChI is InChI=1S/C21H21F3N4O/c1-14-26-18-7-3-2-5-16(18)20(29)28(14)13-15-8-11-27(12-9-15)19-17(21(22,23)24)6-4-10-25-19/h2-7,10,15H,8-9,11-13H2,1H3. The number of halogens is 3. The Morgan fingerprint density at radius 2 is 1.83 bits per heavy atom. The Morgan fingerprint density at radius 1 is 1.10 bits per heavy atom. The van der Waals surface area contributed by atoms with E-state index in [2.05, 4.69) is 9.97 Å². The molecule has 152 valence electrons. The van der Waals surface area contributed by atoms with E-state index in [9.17, 15) is 18.0 Å². The molecular formula is C21H21F3N4O. The van der Waals surface area contributed by atoms with Crippen LogP contribution in [0.25, 0.3) is 10.9 Å². The van der Waals surface area contributed by atoms with E-state index in [0.29, 0.717) is 49.2 Å². The minimum atomic E-state index is -4.43. The average molecular weight is 402 g/mol. The zero-order chi connectivity index (χ0) is 20.6. The summed E-state index contributed by atoms with van der Waals surface area (Å²) in [6.45, 7) is 3.27. The van der Waals surface area contributed by atoms with Crippen molar-refractivity contribution in [3.63, 3.8) is 0 Å². The Morgan fingerprint density at radius 3 is 2.55 bits per heavy atom. The van der Waals surface area contributed by atoms with E-state index in [0.717, 1.165) is 6.07 Å². The lowest BCUT2D eigenvalue weighted by molar-refractivity contribution is -0.137. The molecule has 8 heteroatoms. The number of aromatic nitrogens is 3. The highest BCUT2D eigenvalue weighted by atomic mass is 19.4. The summed E-state index contributed by atoms with van der Waals surface area (Å²) in [5.41, 5.74) is -0.0974. The number of alkyl halides is 3. The topological polar surface area (TPSA) is 51.0 Å². The zero-order valence-electron chi connectivity index (χ0n) is 16.0. The minimum Gasteiger partial charge on any atom is -0.356 e. The van der Waals surface area contributed by atoms with Crippen LogP contribution in [-0.2, 0) is 12.7 Å². The summed E-state index contributed by atoms with van der Waals surface area (Å²) in [5, 5.41) is 0.582. The summed E-state index contributed by atoms with van der Waals surface area (Å²) < 4.78 is 41.5. The van der Waals surface area contributed by atoms with Gasteiger partial charge in [0.1, 0.15) is 11.6 Å². The first kappa shape index (κ1) is 19.4. The van der Waals surface area contributed by atoms with E-state index < -0.39 is 11.7 Å². The van der Waals surface area contributed by atoms with E-state index in [4.69, 9.17) is 0 Å². The Bertz CT molecular complexity index is 1090. The minimum absolute atomic E-state index is 0.0147. The molecule has 0 unspecified atom stereocenters. The lowest BCUT2D eigenvalue weighted by Crippen LogP contribution is -2.38. The van der Waals surface area contributed by atoms with E-state index >= 15 is 0 Å². The molecule has 1 aromatic carbocycles. The second-order valence-electron chi connectivity index (χ2n) is 7.39. The molecule has 2 aromatic heterocycles. The highest BCUT2D eigenvalue weighted by molar-refractivity contribution is 5.77. The number of hydrogen-bond acceptors (Lipinski definition) is 4. The van der Waals surface area contributed by atoms with Crippen LogP contribution in [0, 0.1) is 12.8 Å². The Balaban J connectivity index is 1.51. The Hall–Kier alpha value is -2.90. The van der Waals surface area contributed by atoms with Crippen LogP contribution in [0.15, 0.2) is 47.4 Å². The third-order valence-corrected chi connectivity index (χ3v) is 5.50. The highest BCUT2D eigenvalue weighted by Gasteiger charge is 2.36. The molecule has 0 atom stereocenters. The fourth-order valence-electron chi connectivity index (χ4n) is 3.95. The first-order chi connectivity index (χ1) is 13.8. The van der Waals surface area contributed by atoms with Crippen molar-refractivity contribution in [3.05, 3.63) is 64.3 Å². The molecule has 5 nitrogen and oxygen atoms in total. The van der Waals surface area contributed by atoms with Crippen LogP contribution in [0.5, 0.6) is 0 Å². The highest BCUT2D eigenvalue weighted by Crippen LogP contribution is 2.36. The third kappa shape index (κ3) is 3.83. The number of para-hydroxylation sites is 1. The van der Waals surface area contributed by atoms with E-state index in [1.54, 1.807) is 15.5 Å². The van der Waals surface area contributed by atoms with Gasteiger partial charge in [-0.05, 0) is 49.9 Å². The summed E-state index contributed by atoms with van der Waals surface area (Å²) in [5.74, 6) is 0.836. The van der Waals surface area contributed by atoms with Crippen molar-refractivity contribution in [3.8, 4) is 0 Å². The zero-order valence-corrected chi connectivity index (χ0v) is 16.0. The van der Waals surface area contributed by atoms with Crippen LogP contribution in [0.4, 0.5) is 19.0 Å². The fourth-order valence-corrected chi connectivity index (χ4v) is 3.95. The molecule has 1 aliphatic heterocycles. The molecule has 4 rings (SSSR count). The normalized spacial score (nSPS) is 15.8. The Kier molecular flexibility index (Phi) is 5.02. The van der Waals surface area contributed by atoms with Gasteiger partial charge >= 0.3 is 6.18 Å². The largest absolute Gasteiger partial charge is 0.419 e. The lowest BCUT2D eigenvalue weighted by Gasteiger charge is -2.34. The van der Waals surface area contributed by atoms with Crippen LogP contribution >= 0.6 is 0 Å². The molecule has 1 saturated heterocycles. The van der Waals surface area contributed by atoms with Crippen molar-refractivity contribution in [2.24, 2.45) is 5.92 Å². The molecule has 29 heavy (non-hydrogen) atoms. The Labute approximate surface area is 165 Å². The van der Waals surface area contributed by atoms with Crippen molar-refractivity contribution in [2.75, 3.05) is 18.0 Å². The van der Waals surface area contributed by atoms with Crippen LogP contribution in [0.1, 0.15) is 24.2 Å². The number of benzene rings is 1. The van der Waals surface area contributed by atoms with Crippen LogP contribution < -0.4 is 10.5 Å². The van der Waals surface area contributed by atoms with Crippen molar-refractivity contribution < 1.29 is 13.2 Å². The molecule has 0 aliphatic carbocycles. The van der Waals surface area contributed by atoms with E-state index in [1.165, 1.54) is 12.3 Å². The molecular weight excluding hydrogens is 381 g/mol.